The van der Waals surface area contributed by atoms with Crippen molar-refractivity contribution in [3.05, 3.63) is 35.1 Å². The molecule has 0 aliphatic heterocycles. The normalized spacial score (nSPS) is 12.0. The van der Waals surface area contributed by atoms with Gasteiger partial charge in [-0.05, 0) is 32.4 Å². The first-order valence-corrected chi connectivity index (χ1v) is 6.16. The lowest BCUT2D eigenvalue weighted by atomic mass is 10.1. The summed E-state index contributed by atoms with van der Waals surface area (Å²) in [5, 5.41) is 8.77. The quantitative estimate of drug-likeness (QED) is 0.891. The second-order valence-corrected chi connectivity index (χ2v) is 4.47. The van der Waals surface area contributed by atoms with E-state index in [0.717, 1.165) is 0 Å². The number of hydrogen-bond donors (Lipinski definition) is 1. The molecule has 4 nitrogen and oxygen atoms in total. The highest BCUT2D eigenvalue weighted by atomic mass is 19.1. The lowest BCUT2D eigenvalue weighted by molar-refractivity contribution is -0.138. The van der Waals surface area contributed by atoms with Crippen LogP contribution in [0.1, 0.15) is 36.2 Å². The number of benzene rings is 1. The molecule has 1 atom stereocenters. The summed E-state index contributed by atoms with van der Waals surface area (Å²) in [5.74, 6) is -2.01. The number of aryl methyl sites for hydroxylation is 1. The number of aliphatic carboxylic acids is 1. The monoisotopic (exact) mass is 267 g/mol. The Morgan fingerprint density at radius 1 is 1.42 bits per heavy atom. The first-order chi connectivity index (χ1) is 8.88. The number of hydrogen-bond acceptors (Lipinski definition) is 2. The minimum absolute atomic E-state index is 0.0147. The maximum Gasteiger partial charge on any atom is 0.305 e. The minimum Gasteiger partial charge on any atom is -0.481 e. The molecule has 0 aromatic heterocycles. The molecule has 0 saturated carbocycles. The molecule has 0 aliphatic rings. The second-order valence-electron chi connectivity index (χ2n) is 4.47. The van der Waals surface area contributed by atoms with Gasteiger partial charge in [0.25, 0.3) is 5.91 Å². The van der Waals surface area contributed by atoms with Crippen molar-refractivity contribution in [2.75, 3.05) is 6.54 Å². The molecule has 1 aromatic carbocycles. The van der Waals surface area contributed by atoms with Crippen LogP contribution in [0.5, 0.6) is 0 Å². The van der Waals surface area contributed by atoms with Crippen molar-refractivity contribution < 1.29 is 19.1 Å². The molecule has 1 unspecified atom stereocenters. The van der Waals surface area contributed by atoms with Crippen LogP contribution < -0.4 is 0 Å². The standard InChI is InChI=1S/C14H18FNO3/c1-4-16(10(3)8-12(17)18)14(19)11-7-5-6-9(2)13(11)15/h5-7,10H,4,8H2,1-3H3,(H,17,18). The Bertz CT molecular complexity index is 488. The predicted octanol–water partition coefficient (Wildman–Crippen LogP) is 2.46. The van der Waals surface area contributed by atoms with Gasteiger partial charge in [0.1, 0.15) is 5.82 Å². The molecule has 0 aliphatic carbocycles. The van der Waals surface area contributed by atoms with E-state index in [2.05, 4.69) is 0 Å². The van der Waals surface area contributed by atoms with Crippen molar-refractivity contribution in [2.45, 2.75) is 33.2 Å². The molecule has 0 saturated heterocycles. The van der Waals surface area contributed by atoms with Crippen LogP contribution in [0, 0.1) is 12.7 Å². The number of halogens is 1. The number of carboxylic acid groups (broad SMARTS) is 1. The average molecular weight is 267 g/mol. The predicted molar refractivity (Wildman–Crippen MR) is 69.6 cm³/mol. The Hall–Kier alpha value is -1.91. The molecule has 104 valence electrons. The van der Waals surface area contributed by atoms with Gasteiger partial charge in [0.05, 0.1) is 12.0 Å². The van der Waals surface area contributed by atoms with Crippen molar-refractivity contribution in [1.29, 1.82) is 0 Å². The van der Waals surface area contributed by atoms with Crippen LogP contribution in [0.15, 0.2) is 18.2 Å². The fraction of sp³-hybridized carbons (Fsp3) is 0.429. The largest absolute Gasteiger partial charge is 0.481 e. The van der Waals surface area contributed by atoms with Crippen LogP contribution in [0.3, 0.4) is 0 Å². The Morgan fingerprint density at radius 3 is 2.58 bits per heavy atom. The summed E-state index contributed by atoms with van der Waals surface area (Å²) in [6.07, 6.45) is -0.160. The molecule has 0 radical (unpaired) electrons. The van der Waals surface area contributed by atoms with Crippen molar-refractivity contribution in [1.82, 2.24) is 4.90 Å². The molecular formula is C14H18FNO3. The van der Waals surface area contributed by atoms with Crippen LogP contribution in [0.4, 0.5) is 4.39 Å². The second kappa shape index (κ2) is 6.31. The Labute approximate surface area is 111 Å². The van der Waals surface area contributed by atoms with E-state index in [9.17, 15) is 14.0 Å². The van der Waals surface area contributed by atoms with E-state index in [1.165, 1.54) is 11.0 Å². The molecule has 5 heteroatoms. The van der Waals surface area contributed by atoms with Crippen LogP contribution in [-0.4, -0.2) is 34.5 Å². The summed E-state index contributed by atoms with van der Waals surface area (Å²) in [6, 6.07) is 4.14. The highest BCUT2D eigenvalue weighted by molar-refractivity contribution is 5.95. The van der Waals surface area contributed by atoms with Crippen LogP contribution >= 0.6 is 0 Å². The average Bonchev–Trinajstić information content (AvgIpc) is 2.32. The van der Waals surface area contributed by atoms with E-state index < -0.39 is 23.7 Å². The van der Waals surface area contributed by atoms with Gasteiger partial charge in [0, 0.05) is 12.6 Å². The Kier molecular flexibility index (Phi) is 5.03. The van der Waals surface area contributed by atoms with Gasteiger partial charge < -0.3 is 10.0 Å². The van der Waals surface area contributed by atoms with E-state index in [0.29, 0.717) is 12.1 Å². The third-order valence-corrected chi connectivity index (χ3v) is 3.03. The van der Waals surface area contributed by atoms with Crippen molar-refractivity contribution >= 4 is 11.9 Å². The fourth-order valence-electron chi connectivity index (χ4n) is 1.99. The lowest BCUT2D eigenvalue weighted by Crippen LogP contribution is -2.40. The number of carboxylic acids is 1. The van der Waals surface area contributed by atoms with Crippen molar-refractivity contribution in [2.24, 2.45) is 0 Å². The van der Waals surface area contributed by atoms with Gasteiger partial charge in [0.2, 0.25) is 0 Å². The van der Waals surface area contributed by atoms with Crippen LogP contribution in [0.25, 0.3) is 0 Å². The molecule has 19 heavy (non-hydrogen) atoms. The smallest absolute Gasteiger partial charge is 0.305 e. The van der Waals surface area contributed by atoms with E-state index >= 15 is 0 Å². The van der Waals surface area contributed by atoms with E-state index in [1.807, 2.05) is 0 Å². The maximum atomic E-state index is 13.9. The third-order valence-electron chi connectivity index (χ3n) is 3.03. The third kappa shape index (κ3) is 3.53. The summed E-state index contributed by atoms with van der Waals surface area (Å²) in [7, 11) is 0. The maximum absolute atomic E-state index is 13.9. The summed E-state index contributed by atoms with van der Waals surface area (Å²) in [4.78, 5) is 24.3. The van der Waals surface area contributed by atoms with Gasteiger partial charge in [-0.1, -0.05) is 12.1 Å². The molecule has 1 rings (SSSR count). The first-order valence-electron chi connectivity index (χ1n) is 6.16. The van der Waals surface area contributed by atoms with Crippen LogP contribution in [0.2, 0.25) is 0 Å². The fourth-order valence-corrected chi connectivity index (χ4v) is 1.99. The zero-order chi connectivity index (χ0) is 14.6. The SMILES string of the molecule is CCN(C(=O)c1cccc(C)c1F)C(C)CC(=O)O. The van der Waals surface area contributed by atoms with Gasteiger partial charge in [-0.15, -0.1) is 0 Å². The summed E-state index contributed by atoms with van der Waals surface area (Å²) in [5.41, 5.74) is 0.381. The van der Waals surface area contributed by atoms with Gasteiger partial charge in [-0.2, -0.15) is 0 Å². The molecular weight excluding hydrogens is 249 g/mol. The number of carbonyl (C=O) groups is 2. The molecule has 1 aromatic rings. The molecule has 1 amide bonds. The number of amides is 1. The van der Waals surface area contributed by atoms with E-state index in [-0.39, 0.29) is 12.0 Å². The molecule has 0 fully saturated rings. The molecule has 0 bridgehead atoms. The topological polar surface area (TPSA) is 57.6 Å². The summed E-state index contributed by atoms with van der Waals surface area (Å²) >= 11 is 0. The van der Waals surface area contributed by atoms with Gasteiger partial charge in [0.15, 0.2) is 0 Å². The summed E-state index contributed by atoms with van der Waals surface area (Å²) < 4.78 is 13.9. The van der Waals surface area contributed by atoms with Gasteiger partial charge in [-0.25, -0.2) is 4.39 Å². The highest BCUT2D eigenvalue weighted by Gasteiger charge is 2.24. The van der Waals surface area contributed by atoms with Crippen LogP contribution in [-0.2, 0) is 4.79 Å². The van der Waals surface area contributed by atoms with Gasteiger partial charge in [-0.3, -0.25) is 9.59 Å². The highest BCUT2D eigenvalue weighted by Crippen LogP contribution is 2.16. The Morgan fingerprint density at radius 2 is 2.05 bits per heavy atom. The van der Waals surface area contributed by atoms with Crippen molar-refractivity contribution in [3.63, 3.8) is 0 Å². The number of carbonyl (C=O) groups excluding carboxylic acids is 1. The first kappa shape index (κ1) is 15.1. The van der Waals surface area contributed by atoms with E-state index in [4.69, 9.17) is 5.11 Å². The number of rotatable bonds is 5. The zero-order valence-electron chi connectivity index (χ0n) is 11.3. The molecule has 0 heterocycles. The zero-order valence-corrected chi connectivity index (χ0v) is 11.3. The molecule has 0 spiro atoms. The Balaban J connectivity index is 3.02. The number of nitrogens with zero attached hydrogens (tertiary/aromatic N) is 1. The lowest BCUT2D eigenvalue weighted by Gasteiger charge is -2.27. The molecule has 1 N–H and O–H groups in total. The summed E-state index contributed by atoms with van der Waals surface area (Å²) in [6.45, 7) is 5.30. The minimum atomic E-state index is -0.983. The van der Waals surface area contributed by atoms with E-state index in [1.54, 1.807) is 32.9 Å². The van der Waals surface area contributed by atoms with Crippen molar-refractivity contribution in [3.8, 4) is 0 Å². The van der Waals surface area contributed by atoms with Gasteiger partial charge >= 0.3 is 5.97 Å².